The molecule has 2 heterocycles. The first-order valence-corrected chi connectivity index (χ1v) is 5.16. The van der Waals surface area contributed by atoms with Gasteiger partial charge in [-0.05, 0) is 25.0 Å². The summed E-state index contributed by atoms with van der Waals surface area (Å²) in [7, 11) is 0. The molecule has 0 fully saturated rings. The zero-order valence-electron chi connectivity index (χ0n) is 8.64. The van der Waals surface area contributed by atoms with Crippen molar-refractivity contribution in [1.29, 1.82) is 0 Å². The molecule has 0 saturated carbocycles. The van der Waals surface area contributed by atoms with Gasteiger partial charge >= 0.3 is 0 Å². The van der Waals surface area contributed by atoms with Crippen molar-refractivity contribution in [2.75, 3.05) is 0 Å². The summed E-state index contributed by atoms with van der Waals surface area (Å²) >= 11 is 0. The molecule has 0 unspecified atom stereocenters. The van der Waals surface area contributed by atoms with Gasteiger partial charge in [0.05, 0.1) is 0 Å². The third kappa shape index (κ3) is 1.39. The number of rotatable bonds is 3. The molecule has 0 aliphatic carbocycles. The number of nitrogens with zero attached hydrogens (tertiary/aromatic N) is 3. The summed E-state index contributed by atoms with van der Waals surface area (Å²) in [5.74, 6) is 1.61. The first-order valence-electron chi connectivity index (χ1n) is 5.16. The van der Waals surface area contributed by atoms with Crippen LogP contribution < -0.4 is 0 Å². The van der Waals surface area contributed by atoms with Crippen LogP contribution in [0, 0.1) is 0 Å². The number of fused-ring (bicyclic) bond motifs is 1. The van der Waals surface area contributed by atoms with E-state index in [1.54, 1.807) is 0 Å². The molecule has 14 heavy (non-hydrogen) atoms. The quantitative estimate of drug-likeness (QED) is 0.743. The lowest BCUT2D eigenvalue weighted by molar-refractivity contribution is 0.595. The fraction of sp³-hybridized carbons (Fsp3) is 0.455. The molecule has 2 aromatic rings. The van der Waals surface area contributed by atoms with Gasteiger partial charge in [-0.3, -0.25) is 4.40 Å². The molecule has 0 saturated heterocycles. The molecular weight excluding hydrogens is 174 g/mol. The van der Waals surface area contributed by atoms with Crippen molar-refractivity contribution in [2.45, 2.75) is 32.6 Å². The van der Waals surface area contributed by atoms with Crippen molar-refractivity contribution >= 4 is 5.65 Å². The summed E-state index contributed by atoms with van der Waals surface area (Å²) in [4.78, 5) is 0. The molecule has 0 N–H and O–H groups in total. The van der Waals surface area contributed by atoms with Crippen LogP contribution >= 0.6 is 0 Å². The summed E-state index contributed by atoms with van der Waals surface area (Å²) in [6, 6.07) is 5.99. The average molecular weight is 189 g/mol. The minimum atomic E-state index is 0.521. The smallest absolute Gasteiger partial charge is 0.160 e. The van der Waals surface area contributed by atoms with Gasteiger partial charge in [0.25, 0.3) is 0 Å². The highest BCUT2D eigenvalue weighted by Crippen LogP contribution is 2.21. The molecule has 0 amide bonds. The minimum absolute atomic E-state index is 0.521. The second-order valence-electron chi connectivity index (χ2n) is 3.50. The number of aromatic nitrogens is 3. The molecular formula is C11H15N3. The van der Waals surface area contributed by atoms with Crippen LogP contribution in [0.5, 0.6) is 0 Å². The lowest BCUT2D eigenvalue weighted by Crippen LogP contribution is -2.01. The van der Waals surface area contributed by atoms with E-state index in [1.807, 2.05) is 24.4 Å². The normalized spacial score (nSPS) is 11.4. The van der Waals surface area contributed by atoms with Crippen LogP contribution in [-0.4, -0.2) is 14.6 Å². The first kappa shape index (κ1) is 9.19. The molecule has 0 bridgehead atoms. The predicted molar refractivity (Wildman–Crippen MR) is 56.3 cm³/mol. The first-order chi connectivity index (χ1) is 6.86. The number of hydrogen-bond donors (Lipinski definition) is 0. The molecule has 0 radical (unpaired) electrons. The Hall–Kier alpha value is -1.38. The topological polar surface area (TPSA) is 30.2 Å². The Bertz CT molecular complexity index is 415. The fourth-order valence-corrected chi connectivity index (χ4v) is 1.79. The highest BCUT2D eigenvalue weighted by molar-refractivity contribution is 5.37. The van der Waals surface area contributed by atoms with Crippen molar-refractivity contribution in [3.05, 3.63) is 30.2 Å². The standard InChI is InChI=1S/C11H15N3/c1-3-9(4-2)11-13-12-10-7-5-6-8-14(10)11/h5-9H,3-4H2,1-2H3. The van der Waals surface area contributed by atoms with Crippen LogP contribution in [0.15, 0.2) is 24.4 Å². The van der Waals surface area contributed by atoms with E-state index in [-0.39, 0.29) is 0 Å². The molecule has 0 aromatic carbocycles. The Morgan fingerprint density at radius 1 is 1.21 bits per heavy atom. The third-order valence-corrected chi connectivity index (χ3v) is 2.69. The molecule has 0 aliphatic heterocycles. The maximum Gasteiger partial charge on any atom is 0.160 e. The average Bonchev–Trinajstić information content (AvgIpc) is 2.65. The minimum Gasteiger partial charge on any atom is -0.286 e. The van der Waals surface area contributed by atoms with E-state index in [0.717, 1.165) is 24.3 Å². The molecule has 2 rings (SSSR count). The Kier molecular flexibility index (Phi) is 2.48. The van der Waals surface area contributed by atoms with Crippen LogP contribution in [0.3, 0.4) is 0 Å². The van der Waals surface area contributed by atoms with Gasteiger partial charge in [-0.15, -0.1) is 10.2 Å². The summed E-state index contributed by atoms with van der Waals surface area (Å²) in [6.07, 6.45) is 4.27. The maximum atomic E-state index is 4.25. The van der Waals surface area contributed by atoms with Gasteiger partial charge in [0.15, 0.2) is 5.65 Å². The van der Waals surface area contributed by atoms with E-state index in [9.17, 15) is 0 Å². The van der Waals surface area contributed by atoms with Gasteiger partial charge in [0.1, 0.15) is 5.82 Å². The highest BCUT2D eigenvalue weighted by Gasteiger charge is 2.13. The second-order valence-corrected chi connectivity index (χ2v) is 3.50. The van der Waals surface area contributed by atoms with Crippen molar-refractivity contribution in [3.8, 4) is 0 Å². The monoisotopic (exact) mass is 189 g/mol. The van der Waals surface area contributed by atoms with Crippen LogP contribution in [-0.2, 0) is 0 Å². The maximum absolute atomic E-state index is 4.25. The van der Waals surface area contributed by atoms with E-state index in [2.05, 4.69) is 28.4 Å². The molecule has 74 valence electrons. The Morgan fingerprint density at radius 2 is 2.00 bits per heavy atom. The van der Waals surface area contributed by atoms with Gasteiger partial charge < -0.3 is 0 Å². The van der Waals surface area contributed by atoms with E-state index in [1.165, 1.54) is 0 Å². The van der Waals surface area contributed by atoms with Gasteiger partial charge in [0, 0.05) is 12.1 Å². The van der Waals surface area contributed by atoms with E-state index >= 15 is 0 Å². The van der Waals surface area contributed by atoms with E-state index in [0.29, 0.717) is 5.92 Å². The van der Waals surface area contributed by atoms with Gasteiger partial charge in [-0.25, -0.2) is 0 Å². The SMILES string of the molecule is CCC(CC)c1nnc2ccccn12. The van der Waals surface area contributed by atoms with Gasteiger partial charge in [0.2, 0.25) is 0 Å². The van der Waals surface area contributed by atoms with Crippen LogP contribution in [0.4, 0.5) is 0 Å². The second kappa shape index (κ2) is 3.78. The van der Waals surface area contributed by atoms with Crippen molar-refractivity contribution < 1.29 is 0 Å². The Morgan fingerprint density at radius 3 is 2.71 bits per heavy atom. The largest absolute Gasteiger partial charge is 0.286 e. The van der Waals surface area contributed by atoms with Crippen molar-refractivity contribution in [2.24, 2.45) is 0 Å². The zero-order valence-corrected chi connectivity index (χ0v) is 8.64. The van der Waals surface area contributed by atoms with E-state index < -0.39 is 0 Å². The molecule has 0 aliphatic rings. The molecule has 0 atom stereocenters. The fourth-order valence-electron chi connectivity index (χ4n) is 1.79. The molecule has 0 spiro atoms. The number of hydrogen-bond acceptors (Lipinski definition) is 2. The van der Waals surface area contributed by atoms with Crippen molar-refractivity contribution in [3.63, 3.8) is 0 Å². The summed E-state index contributed by atoms with van der Waals surface area (Å²) in [5, 5.41) is 8.40. The highest BCUT2D eigenvalue weighted by atomic mass is 15.2. The van der Waals surface area contributed by atoms with E-state index in [4.69, 9.17) is 0 Å². The molecule has 3 nitrogen and oxygen atoms in total. The predicted octanol–water partition coefficient (Wildman–Crippen LogP) is 2.63. The van der Waals surface area contributed by atoms with Gasteiger partial charge in [-0.2, -0.15) is 0 Å². The Labute approximate surface area is 83.8 Å². The lowest BCUT2D eigenvalue weighted by atomic mass is 10.0. The zero-order chi connectivity index (χ0) is 9.97. The summed E-state index contributed by atoms with van der Waals surface area (Å²) in [6.45, 7) is 4.39. The summed E-state index contributed by atoms with van der Waals surface area (Å²) in [5.41, 5.74) is 0.939. The summed E-state index contributed by atoms with van der Waals surface area (Å²) < 4.78 is 2.08. The van der Waals surface area contributed by atoms with Gasteiger partial charge in [-0.1, -0.05) is 19.9 Å². The third-order valence-electron chi connectivity index (χ3n) is 2.69. The van der Waals surface area contributed by atoms with Crippen LogP contribution in [0.1, 0.15) is 38.4 Å². The Balaban J connectivity index is 2.51. The van der Waals surface area contributed by atoms with Crippen LogP contribution in [0.25, 0.3) is 5.65 Å². The lowest BCUT2D eigenvalue weighted by Gasteiger charge is -2.09. The van der Waals surface area contributed by atoms with Crippen LogP contribution in [0.2, 0.25) is 0 Å². The molecule has 2 aromatic heterocycles. The van der Waals surface area contributed by atoms with Crippen molar-refractivity contribution in [1.82, 2.24) is 14.6 Å². The number of pyridine rings is 1. The molecule has 3 heteroatoms.